The quantitative estimate of drug-likeness (QED) is 0.739. The number of aromatic nitrogens is 1. The van der Waals surface area contributed by atoms with Gasteiger partial charge in [0.25, 0.3) is 5.91 Å². The topological polar surface area (TPSA) is 77.5 Å². The Morgan fingerprint density at radius 3 is 2.85 bits per heavy atom. The highest BCUT2D eigenvalue weighted by Gasteiger charge is 2.31. The Kier molecular flexibility index (Phi) is 4.57. The van der Waals surface area contributed by atoms with Crippen molar-refractivity contribution in [2.45, 2.75) is 18.4 Å². The van der Waals surface area contributed by atoms with E-state index in [0.29, 0.717) is 17.9 Å². The normalized spacial score (nSPS) is 18.6. The molecule has 110 valence electrons. The van der Waals surface area contributed by atoms with Gasteiger partial charge in [0.2, 0.25) is 0 Å². The standard InChI is InChI=1S/C14H22N4O2/c1-15-13(19)11-4-3-7-16-12(11)17-10-14(20)5-8-18(2)9-6-14/h3-4,7,20H,5-6,8-10H2,1-2H3,(H,15,19)(H,16,17). The van der Waals surface area contributed by atoms with E-state index in [1.165, 1.54) is 0 Å². The fourth-order valence-corrected chi connectivity index (χ4v) is 2.32. The summed E-state index contributed by atoms with van der Waals surface area (Å²) < 4.78 is 0. The molecule has 0 spiro atoms. The largest absolute Gasteiger partial charge is 0.388 e. The Labute approximate surface area is 119 Å². The van der Waals surface area contributed by atoms with Gasteiger partial charge in [0, 0.05) is 32.9 Å². The molecule has 0 atom stereocenters. The zero-order valence-corrected chi connectivity index (χ0v) is 12.0. The van der Waals surface area contributed by atoms with Gasteiger partial charge in [-0.05, 0) is 32.0 Å². The van der Waals surface area contributed by atoms with Gasteiger partial charge >= 0.3 is 0 Å². The number of pyridine rings is 1. The van der Waals surface area contributed by atoms with Crippen LogP contribution < -0.4 is 10.6 Å². The van der Waals surface area contributed by atoms with Gasteiger partial charge < -0.3 is 20.6 Å². The number of anilines is 1. The Hall–Kier alpha value is -1.66. The smallest absolute Gasteiger partial charge is 0.254 e. The van der Waals surface area contributed by atoms with Gasteiger partial charge in [0.1, 0.15) is 5.82 Å². The van der Waals surface area contributed by atoms with E-state index in [-0.39, 0.29) is 5.91 Å². The van der Waals surface area contributed by atoms with Gasteiger partial charge in [0.05, 0.1) is 11.2 Å². The van der Waals surface area contributed by atoms with Crippen molar-refractivity contribution in [2.24, 2.45) is 0 Å². The number of nitrogens with zero attached hydrogens (tertiary/aromatic N) is 2. The summed E-state index contributed by atoms with van der Waals surface area (Å²) >= 11 is 0. The fraction of sp³-hybridized carbons (Fsp3) is 0.571. The van der Waals surface area contributed by atoms with Gasteiger partial charge in [-0.1, -0.05) is 0 Å². The van der Waals surface area contributed by atoms with Crippen molar-refractivity contribution >= 4 is 11.7 Å². The van der Waals surface area contributed by atoms with Crippen LogP contribution in [0.4, 0.5) is 5.82 Å². The molecule has 0 aliphatic carbocycles. The first kappa shape index (κ1) is 14.7. The molecule has 1 aliphatic heterocycles. The second kappa shape index (κ2) is 6.19. The number of rotatable bonds is 4. The Morgan fingerprint density at radius 1 is 1.50 bits per heavy atom. The van der Waals surface area contributed by atoms with E-state index in [1.807, 2.05) is 0 Å². The van der Waals surface area contributed by atoms with Gasteiger partial charge in [-0.15, -0.1) is 0 Å². The third-order valence-electron chi connectivity index (χ3n) is 3.78. The lowest BCUT2D eigenvalue weighted by Crippen LogP contribution is -2.47. The molecule has 0 radical (unpaired) electrons. The highest BCUT2D eigenvalue weighted by atomic mass is 16.3. The summed E-state index contributed by atoms with van der Waals surface area (Å²) in [7, 11) is 3.64. The average molecular weight is 278 g/mol. The van der Waals surface area contributed by atoms with Crippen molar-refractivity contribution in [3.05, 3.63) is 23.9 Å². The third kappa shape index (κ3) is 3.46. The second-order valence-electron chi connectivity index (χ2n) is 5.36. The van der Waals surface area contributed by atoms with Crippen LogP contribution in [0.15, 0.2) is 18.3 Å². The molecule has 2 rings (SSSR count). The summed E-state index contributed by atoms with van der Waals surface area (Å²) in [5.41, 5.74) is -0.240. The lowest BCUT2D eigenvalue weighted by molar-refractivity contribution is -0.00411. The van der Waals surface area contributed by atoms with Crippen LogP contribution in [0.25, 0.3) is 0 Å². The molecular weight excluding hydrogens is 256 g/mol. The molecule has 20 heavy (non-hydrogen) atoms. The molecule has 3 N–H and O–H groups in total. The third-order valence-corrected chi connectivity index (χ3v) is 3.78. The van der Waals surface area contributed by atoms with E-state index in [0.717, 1.165) is 25.9 Å². The van der Waals surface area contributed by atoms with Crippen molar-refractivity contribution < 1.29 is 9.90 Å². The fourth-order valence-electron chi connectivity index (χ4n) is 2.32. The molecule has 1 aromatic heterocycles. The number of nitrogens with one attached hydrogen (secondary N) is 2. The first-order valence-corrected chi connectivity index (χ1v) is 6.86. The van der Waals surface area contributed by atoms with Crippen LogP contribution in [0.3, 0.4) is 0 Å². The molecule has 1 aromatic rings. The molecule has 0 saturated carbocycles. The Balaban J connectivity index is 2.02. The minimum atomic E-state index is -0.732. The van der Waals surface area contributed by atoms with Gasteiger partial charge in [-0.3, -0.25) is 4.79 Å². The number of carbonyl (C=O) groups excluding carboxylic acids is 1. The van der Waals surface area contributed by atoms with E-state index in [9.17, 15) is 9.90 Å². The lowest BCUT2D eigenvalue weighted by Gasteiger charge is -2.36. The van der Waals surface area contributed by atoms with Crippen LogP contribution in [0.5, 0.6) is 0 Å². The molecule has 2 heterocycles. The highest BCUT2D eigenvalue weighted by Crippen LogP contribution is 2.22. The predicted molar refractivity (Wildman–Crippen MR) is 77.8 cm³/mol. The second-order valence-corrected chi connectivity index (χ2v) is 5.36. The number of carbonyl (C=O) groups is 1. The Morgan fingerprint density at radius 2 is 2.20 bits per heavy atom. The number of amides is 1. The van der Waals surface area contributed by atoms with E-state index in [2.05, 4.69) is 27.6 Å². The van der Waals surface area contributed by atoms with Crippen LogP contribution in [-0.2, 0) is 0 Å². The minimum absolute atomic E-state index is 0.184. The molecule has 0 bridgehead atoms. The molecule has 1 aliphatic rings. The van der Waals surface area contributed by atoms with Crippen LogP contribution in [0.2, 0.25) is 0 Å². The number of aliphatic hydroxyl groups is 1. The Bertz CT molecular complexity index is 470. The molecule has 0 unspecified atom stereocenters. The summed E-state index contributed by atoms with van der Waals surface area (Å²) in [4.78, 5) is 18.1. The number of hydrogen-bond donors (Lipinski definition) is 3. The molecule has 6 heteroatoms. The molecule has 1 amide bonds. The maximum atomic E-state index is 11.7. The summed E-state index contributed by atoms with van der Waals surface area (Å²) in [6.45, 7) is 2.16. The van der Waals surface area contributed by atoms with E-state index < -0.39 is 5.60 Å². The molecule has 0 aromatic carbocycles. The molecule has 1 saturated heterocycles. The van der Waals surface area contributed by atoms with Crippen molar-refractivity contribution in [1.29, 1.82) is 0 Å². The van der Waals surface area contributed by atoms with Gasteiger partial charge in [-0.25, -0.2) is 4.98 Å². The summed E-state index contributed by atoms with van der Waals surface area (Å²) in [6, 6.07) is 3.44. The van der Waals surface area contributed by atoms with Crippen LogP contribution >= 0.6 is 0 Å². The predicted octanol–water partition coefficient (Wildman–Crippen LogP) is 0.310. The van der Waals surface area contributed by atoms with Crippen molar-refractivity contribution in [2.75, 3.05) is 39.0 Å². The molecule has 6 nitrogen and oxygen atoms in total. The van der Waals surface area contributed by atoms with Crippen molar-refractivity contribution in [3.8, 4) is 0 Å². The van der Waals surface area contributed by atoms with Crippen LogP contribution in [-0.4, -0.2) is 60.2 Å². The van der Waals surface area contributed by atoms with Crippen molar-refractivity contribution in [1.82, 2.24) is 15.2 Å². The summed E-state index contributed by atoms with van der Waals surface area (Å²) in [6.07, 6.45) is 3.07. The van der Waals surface area contributed by atoms with Crippen molar-refractivity contribution in [3.63, 3.8) is 0 Å². The highest BCUT2D eigenvalue weighted by molar-refractivity contribution is 5.98. The van der Waals surface area contributed by atoms with E-state index in [4.69, 9.17) is 0 Å². The first-order chi connectivity index (χ1) is 9.54. The van der Waals surface area contributed by atoms with Crippen LogP contribution in [0, 0.1) is 0 Å². The average Bonchev–Trinajstić information content (AvgIpc) is 2.48. The summed E-state index contributed by atoms with van der Waals surface area (Å²) in [5, 5.41) is 16.2. The van der Waals surface area contributed by atoms with E-state index in [1.54, 1.807) is 25.4 Å². The zero-order chi connectivity index (χ0) is 14.6. The molecular formula is C14H22N4O2. The van der Waals surface area contributed by atoms with Gasteiger partial charge in [0.15, 0.2) is 0 Å². The zero-order valence-electron chi connectivity index (χ0n) is 12.0. The number of hydrogen-bond acceptors (Lipinski definition) is 5. The number of piperidine rings is 1. The molecule has 1 fully saturated rings. The maximum Gasteiger partial charge on any atom is 0.254 e. The number of likely N-dealkylation sites (tertiary alicyclic amines) is 1. The van der Waals surface area contributed by atoms with E-state index >= 15 is 0 Å². The summed E-state index contributed by atoms with van der Waals surface area (Å²) in [5.74, 6) is 0.329. The monoisotopic (exact) mass is 278 g/mol. The maximum absolute atomic E-state index is 11.7. The van der Waals surface area contributed by atoms with Gasteiger partial charge in [-0.2, -0.15) is 0 Å². The lowest BCUT2D eigenvalue weighted by atomic mass is 9.91. The minimum Gasteiger partial charge on any atom is -0.388 e. The first-order valence-electron chi connectivity index (χ1n) is 6.86. The SMILES string of the molecule is CNC(=O)c1cccnc1NCC1(O)CCN(C)CC1. The van der Waals surface area contributed by atoms with Crippen LogP contribution in [0.1, 0.15) is 23.2 Å².